The molecule has 1 heterocycles. The first-order valence-corrected chi connectivity index (χ1v) is 5.36. The zero-order chi connectivity index (χ0) is 9.52. The molecular formula is C11H22N2. The number of piperidine rings is 1. The van der Waals surface area contributed by atoms with Crippen LogP contribution in [0, 0.1) is 0 Å². The fourth-order valence-electron chi connectivity index (χ4n) is 1.87. The quantitative estimate of drug-likeness (QED) is 0.513. The topological polar surface area (TPSA) is 15.3 Å². The maximum Gasteiger partial charge on any atom is 0.0217 e. The van der Waals surface area contributed by atoms with Crippen molar-refractivity contribution >= 4 is 0 Å². The van der Waals surface area contributed by atoms with Gasteiger partial charge in [-0.1, -0.05) is 12.5 Å². The second-order valence-electron chi connectivity index (χ2n) is 3.91. The molecule has 1 atom stereocenters. The SMILES string of the molecule is C=CCCNCC1CCCCN1C. The second-order valence-corrected chi connectivity index (χ2v) is 3.91. The second kappa shape index (κ2) is 6.17. The van der Waals surface area contributed by atoms with Crippen molar-refractivity contribution in [3.8, 4) is 0 Å². The Hall–Kier alpha value is -0.340. The van der Waals surface area contributed by atoms with Crippen molar-refractivity contribution in [2.24, 2.45) is 0 Å². The highest BCUT2D eigenvalue weighted by Crippen LogP contribution is 2.13. The summed E-state index contributed by atoms with van der Waals surface area (Å²) in [5.74, 6) is 0. The van der Waals surface area contributed by atoms with Crippen LogP contribution in [0.5, 0.6) is 0 Å². The van der Waals surface area contributed by atoms with Crippen molar-refractivity contribution in [1.29, 1.82) is 0 Å². The van der Waals surface area contributed by atoms with E-state index in [2.05, 4.69) is 23.8 Å². The van der Waals surface area contributed by atoms with E-state index in [-0.39, 0.29) is 0 Å². The van der Waals surface area contributed by atoms with Crippen LogP contribution in [0.25, 0.3) is 0 Å². The molecule has 2 nitrogen and oxygen atoms in total. The van der Waals surface area contributed by atoms with Crippen molar-refractivity contribution in [1.82, 2.24) is 10.2 Å². The lowest BCUT2D eigenvalue weighted by molar-refractivity contribution is 0.182. The van der Waals surface area contributed by atoms with Gasteiger partial charge in [-0.25, -0.2) is 0 Å². The van der Waals surface area contributed by atoms with Gasteiger partial charge in [0.2, 0.25) is 0 Å². The maximum atomic E-state index is 3.71. The molecule has 0 bridgehead atoms. The molecule has 76 valence electrons. The van der Waals surface area contributed by atoms with E-state index >= 15 is 0 Å². The molecule has 1 aliphatic rings. The Bertz CT molecular complexity index is 145. The summed E-state index contributed by atoms with van der Waals surface area (Å²) in [6.45, 7) is 7.20. The third-order valence-electron chi connectivity index (χ3n) is 2.83. The van der Waals surface area contributed by atoms with Crippen molar-refractivity contribution in [2.45, 2.75) is 31.7 Å². The molecule has 0 aromatic rings. The molecule has 13 heavy (non-hydrogen) atoms. The van der Waals surface area contributed by atoms with Crippen LogP contribution < -0.4 is 5.32 Å². The van der Waals surface area contributed by atoms with Crippen LogP contribution in [0.1, 0.15) is 25.7 Å². The van der Waals surface area contributed by atoms with Crippen molar-refractivity contribution in [3.05, 3.63) is 12.7 Å². The van der Waals surface area contributed by atoms with E-state index in [1.54, 1.807) is 0 Å². The largest absolute Gasteiger partial charge is 0.315 e. The lowest BCUT2D eigenvalue weighted by atomic mass is 10.0. The molecule has 0 radical (unpaired) electrons. The zero-order valence-corrected chi connectivity index (χ0v) is 8.76. The summed E-state index contributed by atoms with van der Waals surface area (Å²) < 4.78 is 0. The first-order valence-electron chi connectivity index (χ1n) is 5.36. The van der Waals surface area contributed by atoms with Crippen LogP contribution in [0.2, 0.25) is 0 Å². The first kappa shape index (κ1) is 10.7. The van der Waals surface area contributed by atoms with Gasteiger partial charge in [0.05, 0.1) is 0 Å². The maximum absolute atomic E-state index is 3.71. The molecule has 1 rings (SSSR count). The van der Waals surface area contributed by atoms with Crippen LogP contribution in [0.3, 0.4) is 0 Å². The Morgan fingerprint density at radius 1 is 1.54 bits per heavy atom. The Morgan fingerprint density at radius 2 is 2.38 bits per heavy atom. The third kappa shape index (κ3) is 3.92. The lowest BCUT2D eigenvalue weighted by Gasteiger charge is -2.32. The van der Waals surface area contributed by atoms with E-state index in [1.807, 2.05) is 6.08 Å². The number of likely N-dealkylation sites (tertiary alicyclic amines) is 1. The summed E-state index contributed by atoms with van der Waals surface area (Å²) in [5, 5.41) is 3.47. The van der Waals surface area contributed by atoms with E-state index in [4.69, 9.17) is 0 Å². The molecule has 0 aliphatic carbocycles. The minimum atomic E-state index is 0.763. The average Bonchev–Trinajstić information content (AvgIpc) is 2.15. The van der Waals surface area contributed by atoms with Gasteiger partial charge in [0, 0.05) is 12.6 Å². The van der Waals surface area contributed by atoms with E-state index < -0.39 is 0 Å². The predicted octanol–water partition coefficient (Wildman–Crippen LogP) is 1.64. The van der Waals surface area contributed by atoms with Gasteiger partial charge in [0.25, 0.3) is 0 Å². The molecule has 1 saturated heterocycles. The van der Waals surface area contributed by atoms with E-state index in [9.17, 15) is 0 Å². The zero-order valence-electron chi connectivity index (χ0n) is 8.76. The fourth-order valence-corrected chi connectivity index (χ4v) is 1.87. The number of hydrogen-bond acceptors (Lipinski definition) is 2. The van der Waals surface area contributed by atoms with Gasteiger partial charge in [0.15, 0.2) is 0 Å². The van der Waals surface area contributed by atoms with Gasteiger partial charge < -0.3 is 10.2 Å². The number of nitrogens with one attached hydrogen (secondary N) is 1. The van der Waals surface area contributed by atoms with Crippen LogP contribution in [0.4, 0.5) is 0 Å². The highest BCUT2D eigenvalue weighted by Gasteiger charge is 2.17. The highest BCUT2D eigenvalue weighted by atomic mass is 15.2. The number of rotatable bonds is 5. The van der Waals surface area contributed by atoms with Gasteiger partial charge in [-0.15, -0.1) is 6.58 Å². The van der Waals surface area contributed by atoms with E-state index in [1.165, 1.54) is 25.8 Å². The van der Waals surface area contributed by atoms with Crippen LogP contribution in [-0.2, 0) is 0 Å². The highest BCUT2D eigenvalue weighted by molar-refractivity contribution is 4.77. The summed E-state index contributed by atoms with van der Waals surface area (Å²) in [6, 6.07) is 0.763. The Kier molecular flexibility index (Phi) is 5.09. The van der Waals surface area contributed by atoms with Gasteiger partial charge in [-0.05, 0) is 39.4 Å². The summed E-state index contributed by atoms with van der Waals surface area (Å²) >= 11 is 0. The summed E-state index contributed by atoms with van der Waals surface area (Å²) in [7, 11) is 2.24. The predicted molar refractivity (Wildman–Crippen MR) is 58.0 cm³/mol. The Balaban J connectivity index is 2.08. The molecule has 0 aromatic carbocycles. The monoisotopic (exact) mass is 182 g/mol. The van der Waals surface area contributed by atoms with Crippen molar-refractivity contribution in [2.75, 3.05) is 26.7 Å². The molecule has 0 saturated carbocycles. The number of nitrogens with zero attached hydrogens (tertiary/aromatic N) is 1. The molecule has 1 unspecified atom stereocenters. The molecule has 0 spiro atoms. The van der Waals surface area contributed by atoms with Gasteiger partial charge in [-0.2, -0.15) is 0 Å². The van der Waals surface area contributed by atoms with Gasteiger partial charge >= 0.3 is 0 Å². The van der Waals surface area contributed by atoms with Gasteiger partial charge in [-0.3, -0.25) is 0 Å². The van der Waals surface area contributed by atoms with Crippen molar-refractivity contribution < 1.29 is 0 Å². The van der Waals surface area contributed by atoms with E-state index in [0.29, 0.717) is 0 Å². The fraction of sp³-hybridized carbons (Fsp3) is 0.818. The minimum absolute atomic E-state index is 0.763. The van der Waals surface area contributed by atoms with Gasteiger partial charge in [0.1, 0.15) is 0 Å². The number of likely N-dealkylation sites (N-methyl/N-ethyl adjacent to an activating group) is 1. The third-order valence-corrected chi connectivity index (χ3v) is 2.83. The lowest BCUT2D eigenvalue weighted by Crippen LogP contribution is -2.43. The first-order chi connectivity index (χ1) is 6.34. The molecule has 0 amide bonds. The van der Waals surface area contributed by atoms with Crippen LogP contribution >= 0.6 is 0 Å². The number of hydrogen-bond donors (Lipinski definition) is 1. The minimum Gasteiger partial charge on any atom is -0.315 e. The standard InChI is InChI=1S/C11H22N2/c1-3-4-8-12-10-11-7-5-6-9-13(11)2/h3,11-12H,1,4-10H2,2H3. The summed E-state index contributed by atoms with van der Waals surface area (Å²) in [5.41, 5.74) is 0. The van der Waals surface area contributed by atoms with E-state index in [0.717, 1.165) is 25.6 Å². The van der Waals surface area contributed by atoms with Crippen LogP contribution in [0.15, 0.2) is 12.7 Å². The van der Waals surface area contributed by atoms with Crippen LogP contribution in [-0.4, -0.2) is 37.6 Å². The van der Waals surface area contributed by atoms with Crippen molar-refractivity contribution in [3.63, 3.8) is 0 Å². The Labute approximate surface area is 82.0 Å². The normalized spacial score (nSPS) is 24.5. The molecular weight excluding hydrogens is 160 g/mol. The Morgan fingerprint density at radius 3 is 3.08 bits per heavy atom. The molecule has 1 fully saturated rings. The average molecular weight is 182 g/mol. The molecule has 0 aromatic heterocycles. The summed E-state index contributed by atoms with van der Waals surface area (Å²) in [4.78, 5) is 2.48. The molecule has 1 aliphatic heterocycles. The molecule has 2 heteroatoms. The summed E-state index contributed by atoms with van der Waals surface area (Å²) in [6.07, 6.45) is 7.18. The smallest absolute Gasteiger partial charge is 0.0217 e. The molecule has 1 N–H and O–H groups in total.